The second-order valence-corrected chi connectivity index (χ2v) is 10.6. The van der Waals surface area contributed by atoms with Gasteiger partial charge in [-0.1, -0.05) is 65.7 Å². The summed E-state index contributed by atoms with van der Waals surface area (Å²) in [6, 6.07) is 28.5. The number of aryl methyl sites for hydroxylation is 2. The Morgan fingerprint density at radius 1 is 0.833 bits per heavy atom. The van der Waals surface area contributed by atoms with E-state index in [4.69, 9.17) is 0 Å². The van der Waals surface area contributed by atoms with Gasteiger partial charge in [0.25, 0.3) is 7.44 Å². The van der Waals surface area contributed by atoms with Crippen LogP contribution in [-0.4, -0.2) is 13.1 Å². The molecule has 1 heterocycles. The van der Waals surface area contributed by atoms with Crippen molar-refractivity contribution in [3.8, 4) is 6.07 Å². The topological polar surface area (TPSA) is 47.3 Å². The van der Waals surface area contributed by atoms with Gasteiger partial charge in [0.15, 0.2) is 0 Å². The normalized spacial score (nSPS) is 16.3. The molecule has 1 aliphatic heterocycles. The maximum Gasteiger partial charge on any atom is 0.271 e. The number of rotatable bonds is 5. The van der Waals surface area contributed by atoms with E-state index >= 15 is 4.57 Å². The Balaban J connectivity index is 1.87. The minimum atomic E-state index is -3.17. The molecule has 5 heteroatoms. The number of benzene rings is 3. The molecule has 1 atom stereocenters. The molecular formula is C25H26N3OP. The highest BCUT2D eigenvalue weighted by Crippen LogP contribution is 2.69. The molecule has 0 bridgehead atoms. The fraction of sp³-hybridized carbons (Fsp3) is 0.240. The Labute approximate surface area is 178 Å². The monoisotopic (exact) mass is 415 g/mol. The third-order valence-electron chi connectivity index (χ3n) is 5.75. The fourth-order valence-corrected chi connectivity index (χ4v) is 7.65. The quantitative estimate of drug-likeness (QED) is 0.448. The Hall–Kier alpha value is -3.02. The van der Waals surface area contributed by atoms with Crippen LogP contribution in [0.2, 0.25) is 0 Å². The highest BCUT2D eigenvalue weighted by Gasteiger charge is 2.49. The van der Waals surface area contributed by atoms with Crippen molar-refractivity contribution in [2.24, 2.45) is 0 Å². The molecule has 30 heavy (non-hydrogen) atoms. The zero-order valence-corrected chi connectivity index (χ0v) is 18.3. The number of nitrogens with zero attached hydrogens (tertiary/aromatic N) is 3. The fourth-order valence-electron chi connectivity index (χ4n) is 4.16. The second-order valence-electron chi connectivity index (χ2n) is 7.80. The van der Waals surface area contributed by atoms with Gasteiger partial charge in [0, 0.05) is 24.5 Å². The first-order valence-corrected chi connectivity index (χ1v) is 11.9. The van der Waals surface area contributed by atoms with Crippen LogP contribution in [-0.2, 0) is 4.57 Å². The van der Waals surface area contributed by atoms with Gasteiger partial charge in [-0.2, -0.15) is 5.26 Å². The summed E-state index contributed by atoms with van der Waals surface area (Å²) >= 11 is 0. The molecular weight excluding hydrogens is 389 g/mol. The first-order valence-electron chi connectivity index (χ1n) is 10.2. The lowest BCUT2D eigenvalue weighted by molar-refractivity contribution is 0.565. The standard InChI is InChI=1S/C25H26N3OP/c1-20-8-12-23(13-9-20)27-18-19-28(24-14-10-21(2)11-15-24)30(27,29)25(16-17-26)22-6-4-3-5-7-22/h3-15,25H,16,18-19H2,1-2H3. The molecule has 4 nitrogen and oxygen atoms in total. The predicted octanol–water partition coefficient (Wildman–Crippen LogP) is 6.48. The van der Waals surface area contributed by atoms with E-state index in [9.17, 15) is 5.26 Å². The van der Waals surface area contributed by atoms with Crippen molar-refractivity contribution in [1.29, 1.82) is 5.26 Å². The summed E-state index contributed by atoms with van der Waals surface area (Å²) in [6.45, 7) is 5.41. The van der Waals surface area contributed by atoms with E-state index in [0.717, 1.165) is 16.9 Å². The lowest BCUT2D eigenvalue weighted by atomic mass is 10.1. The van der Waals surface area contributed by atoms with Gasteiger partial charge in [-0.3, -0.25) is 4.57 Å². The summed E-state index contributed by atoms with van der Waals surface area (Å²) in [5.74, 6) is 0. The molecule has 1 aliphatic rings. The maximum atomic E-state index is 15.0. The van der Waals surface area contributed by atoms with Gasteiger partial charge in [0.2, 0.25) is 0 Å². The van der Waals surface area contributed by atoms with Gasteiger partial charge in [-0.15, -0.1) is 0 Å². The van der Waals surface area contributed by atoms with Crippen LogP contribution in [0.5, 0.6) is 0 Å². The first kappa shape index (κ1) is 20.3. The van der Waals surface area contributed by atoms with Crippen LogP contribution in [0, 0.1) is 25.2 Å². The summed E-state index contributed by atoms with van der Waals surface area (Å²) in [6.07, 6.45) is 0.200. The number of nitriles is 1. The van der Waals surface area contributed by atoms with Crippen LogP contribution in [0.15, 0.2) is 78.9 Å². The summed E-state index contributed by atoms with van der Waals surface area (Å²) in [5.41, 5.74) is 4.77. The van der Waals surface area contributed by atoms with Crippen LogP contribution in [0.4, 0.5) is 11.4 Å². The van der Waals surface area contributed by atoms with Gasteiger partial charge in [0.1, 0.15) is 0 Å². The smallest absolute Gasteiger partial charge is 0.271 e. The van der Waals surface area contributed by atoms with Crippen LogP contribution >= 0.6 is 7.44 Å². The number of hydrogen-bond acceptors (Lipinski definition) is 2. The van der Waals surface area contributed by atoms with E-state index in [0.29, 0.717) is 13.1 Å². The van der Waals surface area contributed by atoms with Crippen molar-refractivity contribution in [2.75, 3.05) is 22.4 Å². The van der Waals surface area contributed by atoms with Crippen molar-refractivity contribution in [3.63, 3.8) is 0 Å². The number of hydrogen-bond donors (Lipinski definition) is 0. The van der Waals surface area contributed by atoms with Crippen molar-refractivity contribution >= 4 is 18.8 Å². The van der Waals surface area contributed by atoms with E-state index in [1.54, 1.807) is 0 Å². The predicted molar refractivity (Wildman–Crippen MR) is 124 cm³/mol. The average molecular weight is 415 g/mol. The van der Waals surface area contributed by atoms with Gasteiger partial charge in [0.05, 0.1) is 18.1 Å². The molecule has 3 aromatic rings. The summed E-state index contributed by atoms with van der Waals surface area (Å²) in [7, 11) is -3.17. The molecule has 1 fully saturated rings. The Bertz CT molecular complexity index is 1030. The van der Waals surface area contributed by atoms with Gasteiger partial charge < -0.3 is 9.34 Å². The van der Waals surface area contributed by atoms with Crippen molar-refractivity contribution in [1.82, 2.24) is 0 Å². The Kier molecular flexibility index (Phi) is 5.66. The molecule has 152 valence electrons. The van der Waals surface area contributed by atoms with Crippen LogP contribution in [0.3, 0.4) is 0 Å². The Morgan fingerprint density at radius 3 is 1.73 bits per heavy atom. The lowest BCUT2D eigenvalue weighted by Crippen LogP contribution is -2.24. The van der Waals surface area contributed by atoms with E-state index in [1.807, 2.05) is 63.9 Å². The largest absolute Gasteiger partial charge is 0.304 e. The van der Waals surface area contributed by atoms with E-state index < -0.39 is 13.1 Å². The molecule has 0 spiro atoms. The first-order chi connectivity index (χ1) is 14.5. The third kappa shape index (κ3) is 3.62. The van der Waals surface area contributed by atoms with Gasteiger partial charge in [-0.25, -0.2) is 0 Å². The minimum Gasteiger partial charge on any atom is -0.304 e. The third-order valence-corrected chi connectivity index (χ3v) is 9.29. The molecule has 0 amide bonds. The molecule has 1 unspecified atom stereocenters. The zero-order valence-electron chi connectivity index (χ0n) is 17.4. The minimum absolute atomic E-state index is 0.200. The summed E-state index contributed by atoms with van der Waals surface area (Å²) in [4.78, 5) is 0. The van der Waals surface area contributed by atoms with Crippen molar-refractivity contribution in [2.45, 2.75) is 25.9 Å². The van der Waals surface area contributed by atoms with E-state index in [1.165, 1.54) is 11.1 Å². The maximum absolute atomic E-state index is 15.0. The van der Waals surface area contributed by atoms with Crippen LogP contribution in [0.1, 0.15) is 28.8 Å². The van der Waals surface area contributed by atoms with Crippen LogP contribution < -0.4 is 9.34 Å². The molecule has 0 N–H and O–H groups in total. The van der Waals surface area contributed by atoms with E-state index in [2.05, 4.69) is 44.2 Å². The van der Waals surface area contributed by atoms with Crippen molar-refractivity contribution in [3.05, 3.63) is 95.6 Å². The molecule has 0 saturated carbocycles. The SMILES string of the molecule is Cc1ccc(N2CCN(c3ccc(C)cc3)P2(=O)C(CC#N)c2ccccc2)cc1. The highest BCUT2D eigenvalue weighted by molar-refractivity contribution is 7.68. The lowest BCUT2D eigenvalue weighted by Gasteiger charge is -2.37. The zero-order chi connectivity index (χ0) is 21.1. The van der Waals surface area contributed by atoms with Crippen molar-refractivity contribution < 1.29 is 4.57 Å². The molecule has 0 radical (unpaired) electrons. The van der Waals surface area contributed by atoms with Crippen LogP contribution in [0.25, 0.3) is 0 Å². The highest BCUT2D eigenvalue weighted by atomic mass is 31.2. The summed E-state index contributed by atoms with van der Waals surface area (Å²) in [5, 5.41) is 9.65. The number of anilines is 2. The molecule has 0 aliphatic carbocycles. The Morgan fingerprint density at radius 2 is 1.30 bits per heavy atom. The molecule has 1 saturated heterocycles. The molecule has 3 aromatic carbocycles. The molecule has 0 aromatic heterocycles. The van der Waals surface area contributed by atoms with Gasteiger partial charge in [-0.05, 0) is 43.7 Å². The van der Waals surface area contributed by atoms with E-state index in [-0.39, 0.29) is 6.42 Å². The average Bonchev–Trinajstić information content (AvgIpc) is 3.11. The second kappa shape index (κ2) is 8.38. The molecule has 4 rings (SSSR count). The summed E-state index contributed by atoms with van der Waals surface area (Å²) < 4.78 is 19.1. The van der Waals surface area contributed by atoms with Gasteiger partial charge >= 0.3 is 0 Å².